The van der Waals surface area contributed by atoms with Crippen LogP contribution < -0.4 is 14.8 Å². The van der Waals surface area contributed by atoms with Crippen LogP contribution in [0.2, 0.25) is 5.02 Å². The minimum atomic E-state index is -0.402. The van der Waals surface area contributed by atoms with Gasteiger partial charge in [0.25, 0.3) is 5.91 Å². The van der Waals surface area contributed by atoms with Gasteiger partial charge < -0.3 is 19.8 Å². The Morgan fingerprint density at radius 3 is 2.54 bits per heavy atom. The number of amides is 1. The minimum Gasteiger partial charge on any atom is -0.493 e. The van der Waals surface area contributed by atoms with Crippen LogP contribution in [0.1, 0.15) is 10.5 Å². The largest absolute Gasteiger partial charge is 0.493 e. The fraction of sp³-hybridized carbons (Fsp3) is 0.118. The van der Waals surface area contributed by atoms with Crippen molar-refractivity contribution < 1.29 is 18.7 Å². The van der Waals surface area contributed by atoms with Crippen molar-refractivity contribution in [2.45, 2.75) is 0 Å². The maximum atomic E-state index is 13.2. The summed E-state index contributed by atoms with van der Waals surface area (Å²) in [4.78, 5) is 15.3. The highest BCUT2D eigenvalue weighted by Gasteiger charge is 2.15. The molecule has 3 rings (SSSR count). The molecule has 0 saturated carbocycles. The van der Waals surface area contributed by atoms with Gasteiger partial charge in [0.1, 0.15) is 11.5 Å². The van der Waals surface area contributed by atoms with Crippen LogP contribution in [-0.2, 0) is 0 Å². The zero-order valence-electron chi connectivity index (χ0n) is 12.9. The zero-order chi connectivity index (χ0) is 17.3. The number of methoxy groups -OCH3 is 2. The molecule has 0 aliphatic heterocycles. The molecule has 5 nitrogen and oxygen atoms in total. The Morgan fingerprint density at radius 2 is 1.83 bits per heavy atom. The molecule has 0 fully saturated rings. The molecule has 24 heavy (non-hydrogen) atoms. The number of H-pyrrole nitrogens is 1. The highest BCUT2D eigenvalue weighted by Crippen LogP contribution is 2.36. The van der Waals surface area contributed by atoms with Gasteiger partial charge in [0, 0.05) is 23.0 Å². The molecule has 0 radical (unpaired) electrons. The topological polar surface area (TPSA) is 63.3 Å². The maximum absolute atomic E-state index is 13.2. The number of nitrogens with one attached hydrogen (secondary N) is 2. The molecular weight excluding hydrogens is 335 g/mol. The molecule has 0 bridgehead atoms. The Hall–Kier alpha value is -2.73. The van der Waals surface area contributed by atoms with Crippen LogP contribution in [0.5, 0.6) is 11.5 Å². The first kappa shape index (κ1) is 16.1. The van der Waals surface area contributed by atoms with E-state index >= 15 is 0 Å². The lowest BCUT2D eigenvalue weighted by molar-refractivity contribution is 0.102. The van der Waals surface area contributed by atoms with Crippen LogP contribution in [0, 0.1) is 5.82 Å². The molecule has 3 aromatic rings. The normalized spacial score (nSPS) is 10.7. The zero-order valence-corrected chi connectivity index (χ0v) is 13.7. The number of halogens is 2. The lowest BCUT2D eigenvalue weighted by Crippen LogP contribution is -2.12. The first-order valence-corrected chi connectivity index (χ1v) is 7.40. The van der Waals surface area contributed by atoms with E-state index in [9.17, 15) is 9.18 Å². The summed E-state index contributed by atoms with van der Waals surface area (Å²) in [5.41, 5.74) is 1.34. The number of rotatable bonds is 4. The number of aromatic nitrogens is 1. The van der Waals surface area contributed by atoms with E-state index in [1.54, 1.807) is 24.3 Å². The van der Waals surface area contributed by atoms with Crippen LogP contribution in [0.25, 0.3) is 10.9 Å². The highest BCUT2D eigenvalue weighted by atomic mass is 35.5. The van der Waals surface area contributed by atoms with Gasteiger partial charge in [0.2, 0.25) is 0 Å². The van der Waals surface area contributed by atoms with Crippen molar-refractivity contribution in [2.75, 3.05) is 19.5 Å². The van der Waals surface area contributed by atoms with E-state index in [2.05, 4.69) is 10.3 Å². The third-order valence-electron chi connectivity index (χ3n) is 3.55. The summed E-state index contributed by atoms with van der Waals surface area (Å²) in [6, 6.07) is 8.95. The summed E-state index contributed by atoms with van der Waals surface area (Å²) >= 11 is 6.16. The van der Waals surface area contributed by atoms with Gasteiger partial charge in [-0.1, -0.05) is 11.6 Å². The molecule has 0 unspecified atom stereocenters. The van der Waals surface area contributed by atoms with Crippen molar-refractivity contribution in [1.82, 2.24) is 4.98 Å². The van der Waals surface area contributed by atoms with E-state index in [1.165, 1.54) is 26.4 Å². The van der Waals surface area contributed by atoms with Gasteiger partial charge >= 0.3 is 0 Å². The van der Waals surface area contributed by atoms with E-state index in [0.717, 1.165) is 0 Å². The predicted octanol–water partition coefficient (Wildman–Crippen LogP) is 4.23. The molecule has 2 N–H and O–H groups in total. The van der Waals surface area contributed by atoms with Gasteiger partial charge in [-0.25, -0.2) is 4.39 Å². The number of hydrogen-bond donors (Lipinski definition) is 2. The van der Waals surface area contributed by atoms with Crippen LogP contribution in [0.15, 0.2) is 36.4 Å². The fourth-order valence-corrected chi connectivity index (χ4v) is 2.57. The minimum absolute atomic E-state index is 0.293. The molecule has 0 spiro atoms. The number of carbonyl (C=O) groups is 1. The van der Waals surface area contributed by atoms with Crippen LogP contribution >= 0.6 is 11.6 Å². The van der Waals surface area contributed by atoms with Crippen LogP contribution in [0.4, 0.5) is 10.1 Å². The number of anilines is 1. The Labute approximate surface area is 142 Å². The molecule has 0 atom stereocenters. The van der Waals surface area contributed by atoms with Crippen LogP contribution in [0.3, 0.4) is 0 Å². The SMILES string of the molecule is COc1cc(Cl)c(NC(=O)c2cc3cc(F)ccc3[nH]2)cc1OC. The number of benzene rings is 2. The quantitative estimate of drug-likeness (QED) is 0.741. The van der Waals surface area contributed by atoms with E-state index in [4.69, 9.17) is 21.1 Å². The van der Waals surface area contributed by atoms with Crippen molar-refractivity contribution in [3.63, 3.8) is 0 Å². The molecule has 2 aromatic carbocycles. The van der Waals surface area contributed by atoms with E-state index in [1.807, 2.05) is 0 Å². The van der Waals surface area contributed by atoms with Crippen molar-refractivity contribution in [3.05, 3.63) is 52.9 Å². The molecule has 7 heteroatoms. The lowest BCUT2D eigenvalue weighted by Gasteiger charge is -2.12. The third kappa shape index (κ3) is 3.00. The molecule has 1 heterocycles. The summed E-state index contributed by atoms with van der Waals surface area (Å²) in [6.45, 7) is 0. The molecule has 1 amide bonds. The van der Waals surface area contributed by atoms with Crippen molar-refractivity contribution in [1.29, 1.82) is 0 Å². The summed E-state index contributed by atoms with van der Waals surface area (Å²) in [7, 11) is 2.99. The Balaban J connectivity index is 1.90. The summed E-state index contributed by atoms with van der Waals surface area (Å²) in [5.74, 6) is 0.134. The van der Waals surface area contributed by atoms with E-state index in [-0.39, 0.29) is 5.82 Å². The van der Waals surface area contributed by atoms with Gasteiger partial charge in [0.05, 0.1) is 24.9 Å². The van der Waals surface area contributed by atoms with Gasteiger partial charge in [-0.05, 0) is 24.3 Å². The van der Waals surface area contributed by atoms with Crippen LogP contribution in [-0.4, -0.2) is 25.1 Å². The van der Waals surface area contributed by atoms with E-state index < -0.39 is 5.91 Å². The standard InChI is InChI=1S/C17H14ClFN2O3/c1-23-15-7-11(18)13(8-16(15)24-2)21-17(22)14-6-9-5-10(19)3-4-12(9)20-14/h3-8,20H,1-2H3,(H,21,22). The Morgan fingerprint density at radius 1 is 1.12 bits per heavy atom. The molecule has 0 saturated heterocycles. The monoisotopic (exact) mass is 348 g/mol. The summed E-state index contributed by atoms with van der Waals surface area (Å²) in [5, 5.41) is 3.61. The second-order valence-electron chi connectivity index (χ2n) is 5.06. The summed E-state index contributed by atoms with van der Waals surface area (Å²) < 4.78 is 23.6. The van der Waals surface area contributed by atoms with Crippen molar-refractivity contribution >= 4 is 34.1 Å². The van der Waals surface area contributed by atoms with E-state index in [0.29, 0.717) is 38.8 Å². The molecule has 124 valence electrons. The second kappa shape index (κ2) is 6.41. The van der Waals surface area contributed by atoms with Gasteiger partial charge in [-0.2, -0.15) is 0 Å². The smallest absolute Gasteiger partial charge is 0.272 e. The number of ether oxygens (including phenoxy) is 2. The highest BCUT2D eigenvalue weighted by molar-refractivity contribution is 6.34. The van der Waals surface area contributed by atoms with Gasteiger partial charge in [-0.3, -0.25) is 4.79 Å². The Bertz CT molecular complexity index is 924. The number of aromatic amines is 1. The Kier molecular flexibility index (Phi) is 4.31. The molecule has 1 aromatic heterocycles. The third-order valence-corrected chi connectivity index (χ3v) is 3.86. The maximum Gasteiger partial charge on any atom is 0.272 e. The molecular formula is C17H14ClFN2O3. The molecule has 0 aliphatic rings. The lowest BCUT2D eigenvalue weighted by atomic mass is 10.2. The number of fused-ring (bicyclic) bond motifs is 1. The molecule has 0 aliphatic carbocycles. The first-order valence-electron chi connectivity index (χ1n) is 7.03. The predicted molar refractivity (Wildman–Crippen MR) is 90.8 cm³/mol. The average Bonchev–Trinajstić information content (AvgIpc) is 2.99. The van der Waals surface area contributed by atoms with Crippen molar-refractivity contribution in [2.24, 2.45) is 0 Å². The van der Waals surface area contributed by atoms with Gasteiger partial charge in [-0.15, -0.1) is 0 Å². The summed E-state index contributed by atoms with van der Waals surface area (Å²) in [6.07, 6.45) is 0. The number of hydrogen-bond acceptors (Lipinski definition) is 3. The van der Waals surface area contributed by atoms with Gasteiger partial charge in [0.15, 0.2) is 11.5 Å². The average molecular weight is 349 g/mol. The fourth-order valence-electron chi connectivity index (χ4n) is 2.37. The van der Waals surface area contributed by atoms with Crippen molar-refractivity contribution in [3.8, 4) is 11.5 Å². The number of carbonyl (C=O) groups excluding carboxylic acids is 1. The first-order chi connectivity index (χ1) is 11.5. The second-order valence-corrected chi connectivity index (χ2v) is 5.46.